The van der Waals surface area contributed by atoms with E-state index in [1.165, 1.54) is 24.6 Å². The van der Waals surface area contributed by atoms with Crippen LogP contribution in [0.25, 0.3) is 0 Å². The summed E-state index contributed by atoms with van der Waals surface area (Å²) in [5.74, 6) is 1.57. The summed E-state index contributed by atoms with van der Waals surface area (Å²) in [7, 11) is -3.67. The number of carbonyl (C=O) groups excluding carboxylic acids is 1. The Bertz CT molecular complexity index is 952. The molecule has 2 N–H and O–H groups in total. The number of hydrogen-bond acceptors (Lipinski definition) is 5. The van der Waals surface area contributed by atoms with Gasteiger partial charge in [-0.15, -0.1) is 16.8 Å². The van der Waals surface area contributed by atoms with Gasteiger partial charge in [-0.05, 0) is 31.0 Å². The quantitative estimate of drug-likeness (QED) is 0.649. The van der Waals surface area contributed by atoms with Gasteiger partial charge in [-0.1, -0.05) is 18.6 Å². The molecule has 0 aliphatic carbocycles. The maximum absolute atomic E-state index is 12.4. The standard InChI is InChI=1S/C19H25N5O3S/c1-2-11-21-28(26,27)16-8-6-7-15(14-16)19(25)20-12-10-18-23-22-17-9-4-3-5-13-24(17)18/h2,6-8,14,21H,1,3-5,9-13H2,(H,20,25). The Kier molecular flexibility index (Phi) is 6.58. The summed E-state index contributed by atoms with van der Waals surface area (Å²) >= 11 is 0. The summed E-state index contributed by atoms with van der Waals surface area (Å²) in [5.41, 5.74) is 0.293. The molecule has 0 spiro atoms. The first-order valence-electron chi connectivity index (χ1n) is 9.41. The molecular formula is C19H25N5O3S. The second-order valence-electron chi connectivity index (χ2n) is 6.67. The van der Waals surface area contributed by atoms with Crippen molar-refractivity contribution in [1.82, 2.24) is 24.8 Å². The second-order valence-corrected chi connectivity index (χ2v) is 8.44. The van der Waals surface area contributed by atoms with Gasteiger partial charge >= 0.3 is 0 Å². The van der Waals surface area contributed by atoms with Gasteiger partial charge in [-0.25, -0.2) is 13.1 Å². The SMILES string of the molecule is C=CCNS(=O)(=O)c1cccc(C(=O)NCCc2nnc3n2CCCCC3)c1. The molecule has 0 bridgehead atoms. The maximum atomic E-state index is 12.4. The molecule has 150 valence electrons. The fourth-order valence-corrected chi connectivity index (χ4v) is 4.22. The Hall–Kier alpha value is -2.52. The Balaban J connectivity index is 1.61. The number of aromatic nitrogens is 3. The number of aryl methyl sites for hydroxylation is 1. The molecule has 8 nitrogen and oxygen atoms in total. The highest BCUT2D eigenvalue weighted by Gasteiger charge is 2.17. The zero-order valence-electron chi connectivity index (χ0n) is 15.7. The smallest absolute Gasteiger partial charge is 0.251 e. The highest BCUT2D eigenvalue weighted by molar-refractivity contribution is 7.89. The van der Waals surface area contributed by atoms with Gasteiger partial charge in [0.1, 0.15) is 11.6 Å². The van der Waals surface area contributed by atoms with E-state index >= 15 is 0 Å². The molecule has 0 fully saturated rings. The summed E-state index contributed by atoms with van der Waals surface area (Å²) in [6, 6.07) is 5.96. The predicted octanol–water partition coefficient (Wildman–Crippen LogP) is 1.44. The number of hydrogen-bond donors (Lipinski definition) is 2. The van der Waals surface area contributed by atoms with Gasteiger partial charge in [0.25, 0.3) is 5.91 Å². The molecule has 0 radical (unpaired) electrons. The number of carbonyl (C=O) groups is 1. The molecule has 3 rings (SSSR count). The summed E-state index contributed by atoms with van der Waals surface area (Å²) < 4.78 is 28.9. The molecule has 1 amide bonds. The van der Waals surface area contributed by atoms with E-state index < -0.39 is 10.0 Å². The first kappa shape index (κ1) is 20.2. The Morgan fingerprint density at radius 3 is 2.93 bits per heavy atom. The van der Waals surface area contributed by atoms with E-state index in [4.69, 9.17) is 0 Å². The van der Waals surface area contributed by atoms with Crippen molar-refractivity contribution >= 4 is 15.9 Å². The van der Waals surface area contributed by atoms with Crippen molar-refractivity contribution in [2.45, 2.75) is 43.5 Å². The number of rotatable bonds is 8. The third-order valence-corrected chi connectivity index (χ3v) is 6.07. The van der Waals surface area contributed by atoms with Crippen LogP contribution in [0.4, 0.5) is 0 Å². The monoisotopic (exact) mass is 403 g/mol. The molecule has 0 saturated carbocycles. The van der Waals surface area contributed by atoms with E-state index in [1.54, 1.807) is 12.1 Å². The van der Waals surface area contributed by atoms with Crippen molar-refractivity contribution < 1.29 is 13.2 Å². The largest absolute Gasteiger partial charge is 0.352 e. The number of fused-ring (bicyclic) bond motifs is 1. The molecule has 1 aromatic carbocycles. The minimum Gasteiger partial charge on any atom is -0.352 e. The average Bonchev–Trinajstić information content (AvgIpc) is 2.92. The average molecular weight is 404 g/mol. The van der Waals surface area contributed by atoms with Crippen LogP contribution >= 0.6 is 0 Å². The van der Waals surface area contributed by atoms with Gasteiger partial charge in [-0.3, -0.25) is 4.79 Å². The minimum absolute atomic E-state index is 0.0461. The topological polar surface area (TPSA) is 106 Å². The number of benzene rings is 1. The van der Waals surface area contributed by atoms with Gasteiger partial charge in [-0.2, -0.15) is 0 Å². The number of nitrogens with one attached hydrogen (secondary N) is 2. The van der Waals surface area contributed by atoms with Crippen LogP contribution < -0.4 is 10.0 Å². The normalized spacial score (nSPS) is 14.1. The number of amides is 1. The molecule has 28 heavy (non-hydrogen) atoms. The van der Waals surface area contributed by atoms with Gasteiger partial charge < -0.3 is 9.88 Å². The molecular weight excluding hydrogens is 378 g/mol. The van der Waals surface area contributed by atoms with Crippen molar-refractivity contribution in [3.63, 3.8) is 0 Å². The van der Waals surface area contributed by atoms with Crippen LogP contribution in [-0.4, -0.2) is 42.2 Å². The van der Waals surface area contributed by atoms with Gasteiger partial charge in [0.05, 0.1) is 4.90 Å². The Labute approximate surface area is 165 Å². The summed E-state index contributed by atoms with van der Waals surface area (Å²) in [6.45, 7) is 4.94. The first-order valence-corrected chi connectivity index (χ1v) is 10.9. The van der Waals surface area contributed by atoms with E-state index in [0.29, 0.717) is 18.5 Å². The highest BCUT2D eigenvalue weighted by Crippen LogP contribution is 2.15. The van der Waals surface area contributed by atoms with Crippen molar-refractivity contribution in [3.05, 3.63) is 54.1 Å². The van der Waals surface area contributed by atoms with E-state index in [-0.39, 0.29) is 17.3 Å². The van der Waals surface area contributed by atoms with Gasteiger partial charge in [0.2, 0.25) is 10.0 Å². The molecule has 9 heteroatoms. The zero-order valence-corrected chi connectivity index (χ0v) is 16.5. The number of sulfonamides is 1. The van der Waals surface area contributed by atoms with Crippen LogP contribution in [0, 0.1) is 0 Å². The van der Waals surface area contributed by atoms with Crippen LogP contribution in [0.15, 0.2) is 41.8 Å². The van der Waals surface area contributed by atoms with Crippen LogP contribution in [0.1, 0.15) is 41.3 Å². The molecule has 2 aromatic rings. The molecule has 0 saturated heterocycles. The van der Waals surface area contributed by atoms with Crippen LogP contribution in [0.2, 0.25) is 0 Å². The third-order valence-electron chi connectivity index (χ3n) is 4.64. The van der Waals surface area contributed by atoms with E-state index in [9.17, 15) is 13.2 Å². The molecule has 1 aromatic heterocycles. The maximum Gasteiger partial charge on any atom is 0.251 e. The third kappa shape index (κ3) is 4.85. The van der Waals surface area contributed by atoms with Gasteiger partial charge in [0.15, 0.2) is 0 Å². The predicted molar refractivity (Wildman–Crippen MR) is 105 cm³/mol. The van der Waals surface area contributed by atoms with E-state index in [1.807, 2.05) is 0 Å². The molecule has 0 atom stereocenters. The van der Waals surface area contributed by atoms with Crippen LogP contribution in [-0.2, 0) is 29.4 Å². The molecule has 1 aliphatic heterocycles. The number of nitrogens with zero attached hydrogens (tertiary/aromatic N) is 3. The van der Waals surface area contributed by atoms with E-state index in [2.05, 4.69) is 31.4 Å². The molecule has 1 aliphatic rings. The fraction of sp³-hybridized carbons (Fsp3) is 0.421. The lowest BCUT2D eigenvalue weighted by Crippen LogP contribution is -2.27. The molecule has 0 unspecified atom stereocenters. The van der Waals surface area contributed by atoms with E-state index in [0.717, 1.165) is 37.5 Å². The fourth-order valence-electron chi connectivity index (χ4n) is 3.18. The lowest BCUT2D eigenvalue weighted by atomic mass is 10.2. The van der Waals surface area contributed by atoms with Crippen molar-refractivity contribution in [2.75, 3.05) is 13.1 Å². The molecule has 2 heterocycles. The zero-order chi connectivity index (χ0) is 20.0. The first-order chi connectivity index (χ1) is 13.5. The summed E-state index contributed by atoms with van der Waals surface area (Å²) in [6.07, 6.45) is 6.43. The van der Waals surface area contributed by atoms with Crippen molar-refractivity contribution in [1.29, 1.82) is 0 Å². The van der Waals surface area contributed by atoms with Crippen LogP contribution in [0.5, 0.6) is 0 Å². The summed E-state index contributed by atoms with van der Waals surface area (Å²) in [5, 5.41) is 11.3. The van der Waals surface area contributed by atoms with Crippen molar-refractivity contribution in [3.8, 4) is 0 Å². The summed E-state index contributed by atoms with van der Waals surface area (Å²) in [4.78, 5) is 12.5. The lowest BCUT2D eigenvalue weighted by Gasteiger charge is -2.09. The second kappa shape index (κ2) is 9.11. The van der Waals surface area contributed by atoms with Crippen molar-refractivity contribution in [2.24, 2.45) is 0 Å². The Morgan fingerprint density at radius 2 is 2.11 bits per heavy atom. The van der Waals surface area contributed by atoms with Crippen LogP contribution in [0.3, 0.4) is 0 Å². The minimum atomic E-state index is -3.67. The Morgan fingerprint density at radius 1 is 1.25 bits per heavy atom. The lowest BCUT2D eigenvalue weighted by molar-refractivity contribution is 0.0953. The highest BCUT2D eigenvalue weighted by atomic mass is 32.2. The van der Waals surface area contributed by atoms with Gasteiger partial charge in [0, 0.05) is 38.0 Å².